The summed E-state index contributed by atoms with van der Waals surface area (Å²) in [5.74, 6) is 0.718. The summed E-state index contributed by atoms with van der Waals surface area (Å²) in [6, 6.07) is 3.44. The van der Waals surface area contributed by atoms with Gasteiger partial charge in [-0.2, -0.15) is 4.84 Å². The molecule has 0 saturated heterocycles. The SMILES string of the molecule is CCN(CC)C(=O)O[n+]1ccc(OC)cc1. The fraction of sp³-hybridized carbons (Fsp3) is 0.455. The Morgan fingerprint density at radius 3 is 2.31 bits per heavy atom. The van der Waals surface area contributed by atoms with Gasteiger partial charge in [0.2, 0.25) is 12.4 Å². The van der Waals surface area contributed by atoms with Crippen molar-refractivity contribution < 1.29 is 19.1 Å². The topological polar surface area (TPSA) is 42.7 Å². The van der Waals surface area contributed by atoms with Crippen LogP contribution in [-0.4, -0.2) is 31.2 Å². The number of methoxy groups -OCH3 is 1. The second-order valence-electron chi connectivity index (χ2n) is 3.13. The Kier molecular flexibility index (Phi) is 4.57. The quantitative estimate of drug-likeness (QED) is 0.714. The van der Waals surface area contributed by atoms with Crippen LogP contribution in [0.4, 0.5) is 4.79 Å². The van der Waals surface area contributed by atoms with Gasteiger partial charge in [0.05, 0.1) is 7.11 Å². The highest BCUT2D eigenvalue weighted by atomic mass is 16.7. The highest BCUT2D eigenvalue weighted by Gasteiger charge is 2.16. The summed E-state index contributed by atoms with van der Waals surface area (Å²) < 4.78 is 6.35. The summed E-state index contributed by atoms with van der Waals surface area (Å²) in [5.41, 5.74) is 0. The zero-order valence-corrected chi connectivity index (χ0v) is 9.84. The van der Waals surface area contributed by atoms with Crippen molar-refractivity contribution in [2.45, 2.75) is 13.8 Å². The Hall–Kier alpha value is -1.78. The standard InChI is InChI=1S/C11H17N2O3/c1-4-12(5-2)11(14)16-13-8-6-10(15-3)7-9-13/h6-9H,4-5H2,1-3H3/q+1. The summed E-state index contributed by atoms with van der Waals surface area (Å²) >= 11 is 0. The number of carbonyl (C=O) groups excluding carboxylic acids is 1. The largest absolute Gasteiger partial charge is 0.496 e. The van der Waals surface area contributed by atoms with Crippen molar-refractivity contribution >= 4 is 6.09 Å². The van der Waals surface area contributed by atoms with Gasteiger partial charge in [0, 0.05) is 30.0 Å². The molecule has 0 radical (unpaired) electrons. The van der Waals surface area contributed by atoms with Crippen molar-refractivity contribution in [3.05, 3.63) is 24.5 Å². The molecule has 0 fully saturated rings. The van der Waals surface area contributed by atoms with Crippen LogP contribution in [0, 0.1) is 0 Å². The van der Waals surface area contributed by atoms with Crippen LogP contribution < -0.4 is 14.3 Å². The van der Waals surface area contributed by atoms with E-state index in [-0.39, 0.29) is 6.09 Å². The number of aromatic nitrogens is 1. The average Bonchev–Trinajstić information content (AvgIpc) is 2.31. The van der Waals surface area contributed by atoms with Gasteiger partial charge in [0.25, 0.3) is 0 Å². The third-order valence-corrected chi connectivity index (χ3v) is 2.21. The van der Waals surface area contributed by atoms with Gasteiger partial charge in [-0.3, -0.25) is 0 Å². The summed E-state index contributed by atoms with van der Waals surface area (Å²) in [5, 5.41) is 0. The smallest absolute Gasteiger partial charge is 0.478 e. The molecule has 0 unspecified atom stereocenters. The minimum absolute atomic E-state index is 0.361. The molecule has 0 aromatic carbocycles. The van der Waals surface area contributed by atoms with E-state index in [4.69, 9.17) is 9.57 Å². The maximum atomic E-state index is 11.6. The molecule has 1 rings (SSSR count). The second-order valence-corrected chi connectivity index (χ2v) is 3.13. The zero-order valence-electron chi connectivity index (χ0n) is 9.84. The van der Waals surface area contributed by atoms with Crippen LogP contribution in [0.25, 0.3) is 0 Å². The highest BCUT2D eigenvalue weighted by molar-refractivity contribution is 5.66. The Morgan fingerprint density at radius 2 is 1.88 bits per heavy atom. The van der Waals surface area contributed by atoms with Crippen LogP contribution in [0.1, 0.15) is 13.8 Å². The molecule has 16 heavy (non-hydrogen) atoms. The first-order chi connectivity index (χ1) is 7.71. The van der Waals surface area contributed by atoms with E-state index in [9.17, 15) is 4.79 Å². The minimum atomic E-state index is -0.361. The summed E-state index contributed by atoms with van der Waals surface area (Å²) in [6.07, 6.45) is 2.89. The van der Waals surface area contributed by atoms with Crippen molar-refractivity contribution in [3.8, 4) is 5.75 Å². The number of ether oxygens (including phenoxy) is 1. The van der Waals surface area contributed by atoms with E-state index in [0.29, 0.717) is 13.1 Å². The van der Waals surface area contributed by atoms with Gasteiger partial charge >= 0.3 is 6.09 Å². The molecule has 88 valence electrons. The molecule has 0 aliphatic carbocycles. The van der Waals surface area contributed by atoms with Gasteiger partial charge in [0.1, 0.15) is 5.75 Å². The second kappa shape index (κ2) is 5.95. The van der Waals surface area contributed by atoms with E-state index < -0.39 is 0 Å². The van der Waals surface area contributed by atoms with Gasteiger partial charge in [-0.05, 0) is 13.8 Å². The first kappa shape index (κ1) is 12.3. The Labute approximate surface area is 95.2 Å². The summed E-state index contributed by atoms with van der Waals surface area (Å²) in [7, 11) is 1.58. The van der Waals surface area contributed by atoms with Gasteiger partial charge < -0.3 is 9.64 Å². The highest BCUT2D eigenvalue weighted by Crippen LogP contribution is 2.03. The average molecular weight is 225 g/mol. The fourth-order valence-electron chi connectivity index (χ4n) is 1.23. The van der Waals surface area contributed by atoms with E-state index in [0.717, 1.165) is 5.75 Å². The van der Waals surface area contributed by atoms with E-state index in [1.807, 2.05) is 13.8 Å². The number of rotatable bonds is 4. The van der Waals surface area contributed by atoms with E-state index in [1.54, 1.807) is 36.5 Å². The lowest BCUT2D eigenvalue weighted by molar-refractivity contribution is -0.869. The first-order valence-corrected chi connectivity index (χ1v) is 5.23. The van der Waals surface area contributed by atoms with Crippen LogP contribution in [-0.2, 0) is 0 Å². The Bertz CT molecular complexity index is 334. The van der Waals surface area contributed by atoms with Crippen LogP contribution in [0.5, 0.6) is 5.75 Å². The molecule has 0 aliphatic rings. The van der Waals surface area contributed by atoms with Crippen LogP contribution in [0.15, 0.2) is 24.5 Å². The molecule has 0 aliphatic heterocycles. The maximum Gasteiger partial charge on any atom is 0.478 e. The zero-order chi connectivity index (χ0) is 12.0. The van der Waals surface area contributed by atoms with Crippen molar-refractivity contribution in [3.63, 3.8) is 0 Å². The molecular weight excluding hydrogens is 208 g/mol. The first-order valence-electron chi connectivity index (χ1n) is 5.23. The molecular formula is C11H17N2O3+. The Morgan fingerprint density at radius 1 is 1.31 bits per heavy atom. The molecule has 0 spiro atoms. The number of hydrogen-bond acceptors (Lipinski definition) is 3. The van der Waals surface area contributed by atoms with Crippen molar-refractivity contribution in [1.82, 2.24) is 4.90 Å². The third-order valence-electron chi connectivity index (χ3n) is 2.21. The molecule has 1 aromatic heterocycles. The predicted octanol–water partition coefficient (Wildman–Crippen LogP) is 0.873. The lowest BCUT2D eigenvalue weighted by Crippen LogP contribution is -2.50. The lowest BCUT2D eigenvalue weighted by Gasteiger charge is -2.13. The van der Waals surface area contributed by atoms with E-state index in [2.05, 4.69) is 0 Å². The predicted molar refractivity (Wildman–Crippen MR) is 58.1 cm³/mol. The van der Waals surface area contributed by atoms with Gasteiger partial charge in [-0.15, -0.1) is 0 Å². The van der Waals surface area contributed by atoms with Crippen LogP contribution in [0.2, 0.25) is 0 Å². The van der Waals surface area contributed by atoms with Crippen molar-refractivity contribution in [2.75, 3.05) is 20.2 Å². The monoisotopic (exact) mass is 225 g/mol. The lowest BCUT2D eigenvalue weighted by atomic mass is 10.5. The molecule has 0 N–H and O–H groups in total. The van der Waals surface area contributed by atoms with Crippen LogP contribution in [0.3, 0.4) is 0 Å². The molecule has 0 saturated carbocycles. The number of amides is 1. The molecule has 5 heteroatoms. The summed E-state index contributed by atoms with van der Waals surface area (Å²) in [6.45, 7) is 5.07. The van der Waals surface area contributed by atoms with Crippen LogP contribution >= 0.6 is 0 Å². The van der Waals surface area contributed by atoms with Gasteiger partial charge in [-0.1, -0.05) is 0 Å². The summed E-state index contributed by atoms with van der Waals surface area (Å²) in [4.78, 5) is 18.3. The van der Waals surface area contributed by atoms with E-state index >= 15 is 0 Å². The number of hydrogen-bond donors (Lipinski definition) is 0. The minimum Gasteiger partial charge on any atom is -0.496 e. The number of nitrogens with zero attached hydrogens (tertiary/aromatic N) is 2. The molecule has 1 amide bonds. The fourth-order valence-corrected chi connectivity index (χ4v) is 1.23. The van der Waals surface area contributed by atoms with Gasteiger partial charge in [-0.25, -0.2) is 4.79 Å². The van der Waals surface area contributed by atoms with E-state index in [1.165, 1.54) is 4.73 Å². The third kappa shape index (κ3) is 3.12. The maximum absolute atomic E-state index is 11.6. The number of carbonyl (C=O) groups is 1. The molecule has 1 aromatic rings. The normalized spacial score (nSPS) is 9.69. The Balaban J connectivity index is 2.62. The van der Waals surface area contributed by atoms with Crippen molar-refractivity contribution in [2.24, 2.45) is 0 Å². The van der Waals surface area contributed by atoms with Gasteiger partial charge in [0.15, 0.2) is 0 Å². The molecule has 0 atom stereocenters. The molecule has 1 heterocycles. The molecule has 0 bridgehead atoms. The number of pyridine rings is 1. The van der Waals surface area contributed by atoms with Crippen molar-refractivity contribution in [1.29, 1.82) is 0 Å². The molecule has 5 nitrogen and oxygen atoms in total.